The van der Waals surface area contributed by atoms with E-state index in [9.17, 15) is 0 Å². The smallest absolute Gasteiger partial charge is 0.222 e. The number of rotatable bonds is 2. The van der Waals surface area contributed by atoms with Gasteiger partial charge in [0.2, 0.25) is 11.8 Å². The summed E-state index contributed by atoms with van der Waals surface area (Å²) in [6, 6.07) is 0. The molecule has 4 heteroatoms. The van der Waals surface area contributed by atoms with E-state index in [4.69, 9.17) is 9.47 Å². The molecule has 1 heterocycles. The Labute approximate surface area is 65.2 Å². The molecule has 0 bridgehead atoms. The second-order valence-corrected chi connectivity index (χ2v) is 2.02. The van der Waals surface area contributed by atoms with Crippen LogP contribution >= 0.6 is 0 Å². The molecular formula is C7H10N2O2. The van der Waals surface area contributed by atoms with Gasteiger partial charge in [0.1, 0.15) is 6.33 Å². The highest BCUT2D eigenvalue weighted by atomic mass is 16.5. The standard InChI is InChI=1S/C7H10N2O2/c1-5-6(10-2)8-4-9-7(5)11-3/h4H,1-3H3. The zero-order chi connectivity index (χ0) is 8.27. The van der Waals surface area contributed by atoms with Gasteiger partial charge in [0, 0.05) is 0 Å². The van der Waals surface area contributed by atoms with Crippen LogP contribution in [0.3, 0.4) is 0 Å². The number of methoxy groups -OCH3 is 2. The van der Waals surface area contributed by atoms with Crippen LogP contribution in [0.15, 0.2) is 6.33 Å². The van der Waals surface area contributed by atoms with Crippen molar-refractivity contribution in [2.45, 2.75) is 6.92 Å². The second kappa shape index (κ2) is 3.18. The highest BCUT2D eigenvalue weighted by molar-refractivity contribution is 5.32. The fraction of sp³-hybridized carbons (Fsp3) is 0.429. The summed E-state index contributed by atoms with van der Waals surface area (Å²) in [5, 5.41) is 0. The highest BCUT2D eigenvalue weighted by Crippen LogP contribution is 2.20. The van der Waals surface area contributed by atoms with Crippen LogP contribution in [-0.2, 0) is 0 Å². The lowest BCUT2D eigenvalue weighted by Crippen LogP contribution is -1.96. The van der Waals surface area contributed by atoms with Crippen LogP contribution in [-0.4, -0.2) is 24.2 Å². The zero-order valence-electron chi connectivity index (χ0n) is 6.79. The maximum absolute atomic E-state index is 4.96. The SMILES string of the molecule is COc1ncnc(OC)c1C. The van der Waals surface area contributed by atoms with Crippen molar-refractivity contribution in [1.29, 1.82) is 0 Å². The van der Waals surface area contributed by atoms with Gasteiger partial charge in [0.15, 0.2) is 0 Å². The molecule has 0 saturated carbocycles. The molecule has 1 rings (SSSR count). The Hall–Kier alpha value is -1.32. The van der Waals surface area contributed by atoms with Crippen LogP contribution in [0.2, 0.25) is 0 Å². The molecule has 0 radical (unpaired) electrons. The van der Waals surface area contributed by atoms with Gasteiger partial charge in [-0.2, -0.15) is 0 Å². The number of nitrogens with zero attached hydrogens (tertiary/aromatic N) is 2. The molecule has 60 valence electrons. The minimum absolute atomic E-state index is 0.553. The van der Waals surface area contributed by atoms with Crippen LogP contribution in [0.25, 0.3) is 0 Å². The first-order valence-electron chi connectivity index (χ1n) is 3.19. The van der Waals surface area contributed by atoms with E-state index in [1.165, 1.54) is 6.33 Å². The van der Waals surface area contributed by atoms with E-state index in [-0.39, 0.29) is 0 Å². The first-order chi connectivity index (χ1) is 5.29. The first kappa shape index (κ1) is 7.78. The third-order valence-corrected chi connectivity index (χ3v) is 1.38. The Morgan fingerprint density at radius 1 is 1.09 bits per heavy atom. The van der Waals surface area contributed by atoms with Gasteiger partial charge in [-0.1, -0.05) is 0 Å². The maximum Gasteiger partial charge on any atom is 0.222 e. The summed E-state index contributed by atoms with van der Waals surface area (Å²) in [7, 11) is 3.13. The van der Waals surface area contributed by atoms with Crippen molar-refractivity contribution in [2.24, 2.45) is 0 Å². The summed E-state index contributed by atoms with van der Waals surface area (Å²) < 4.78 is 9.91. The first-order valence-corrected chi connectivity index (χ1v) is 3.19. The third kappa shape index (κ3) is 1.39. The Morgan fingerprint density at radius 2 is 1.55 bits per heavy atom. The molecule has 1 aromatic heterocycles. The molecule has 0 aromatic carbocycles. The van der Waals surface area contributed by atoms with Crippen LogP contribution in [0.5, 0.6) is 11.8 Å². The van der Waals surface area contributed by atoms with Crippen molar-refractivity contribution in [3.8, 4) is 11.8 Å². The summed E-state index contributed by atoms with van der Waals surface area (Å²) in [4.78, 5) is 7.78. The summed E-state index contributed by atoms with van der Waals surface area (Å²) in [5.74, 6) is 1.11. The minimum atomic E-state index is 0.553. The largest absolute Gasteiger partial charge is 0.481 e. The van der Waals surface area contributed by atoms with Crippen molar-refractivity contribution in [2.75, 3.05) is 14.2 Å². The van der Waals surface area contributed by atoms with Crippen molar-refractivity contribution >= 4 is 0 Å². The lowest BCUT2D eigenvalue weighted by atomic mass is 10.3. The third-order valence-electron chi connectivity index (χ3n) is 1.38. The quantitative estimate of drug-likeness (QED) is 0.632. The van der Waals surface area contributed by atoms with Crippen LogP contribution < -0.4 is 9.47 Å². The normalized spacial score (nSPS) is 9.36. The molecule has 0 aliphatic carbocycles. The van der Waals surface area contributed by atoms with E-state index < -0.39 is 0 Å². The van der Waals surface area contributed by atoms with E-state index in [0.29, 0.717) is 11.8 Å². The predicted octanol–water partition coefficient (Wildman–Crippen LogP) is 0.802. The van der Waals surface area contributed by atoms with Gasteiger partial charge in [-0.05, 0) is 6.92 Å². The molecule has 1 aromatic rings. The molecule has 0 unspecified atom stereocenters. The lowest BCUT2D eigenvalue weighted by molar-refractivity contribution is 0.365. The molecule has 4 nitrogen and oxygen atoms in total. The van der Waals surface area contributed by atoms with Crippen molar-refractivity contribution in [3.63, 3.8) is 0 Å². The molecular weight excluding hydrogens is 144 g/mol. The molecule has 0 amide bonds. The van der Waals surface area contributed by atoms with Crippen LogP contribution in [0.4, 0.5) is 0 Å². The lowest BCUT2D eigenvalue weighted by Gasteiger charge is -2.05. The predicted molar refractivity (Wildman–Crippen MR) is 39.9 cm³/mol. The Kier molecular flexibility index (Phi) is 2.25. The molecule has 0 spiro atoms. The van der Waals surface area contributed by atoms with E-state index in [1.807, 2.05) is 6.92 Å². The van der Waals surface area contributed by atoms with E-state index >= 15 is 0 Å². The Balaban J connectivity index is 3.10. The van der Waals surface area contributed by atoms with Crippen LogP contribution in [0.1, 0.15) is 5.56 Å². The van der Waals surface area contributed by atoms with Gasteiger partial charge in [0.05, 0.1) is 19.8 Å². The molecule has 0 fully saturated rings. The highest BCUT2D eigenvalue weighted by Gasteiger charge is 2.05. The number of hydrogen-bond acceptors (Lipinski definition) is 4. The Bertz CT molecular complexity index is 228. The molecule has 0 atom stereocenters. The number of ether oxygens (including phenoxy) is 2. The van der Waals surface area contributed by atoms with E-state index in [0.717, 1.165) is 5.56 Å². The van der Waals surface area contributed by atoms with E-state index in [2.05, 4.69) is 9.97 Å². The van der Waals surface area contributed by atoms with Gasteiger partial charge < -0.3 is 9.47 Å². The molecule has 0 saturated heterocycles. The number of aromatic nitrogens is 2. The fourth-order valence-electron chi connectivity index (χ4n) is 0.830. The Morgan fingerprint density at radius 3 is 1.91 bits per heavy atom. The molecule has 0 aliphatic rings. The molecule has 11 heavy (non-hydrogen) atoms. The second-order valence-electron chi connectivity index (χ2n) is 2.02. The van der Waals surface area contributed by atoms with Crippen LogP contribution in [0, 0.1) is 6.92 Å². The zero-order valence-corrected chi connectivity index (χ0v) is 6.79. The van der Waals surface area contributed by atoms with E-state index in [1.54, 1.807) is 14.2 Å². The van der Waals surface area contributed by atoms with Crippen molar-refractivity contribution in [1.82, 2.24) is 9.97 Å². The van der Waals surface area contributed by atoms with Gasteiger partial charge in [-0.3, -0.25) is 0 Å². The van der Waals surface area contributed by atoms with Crippen molar-refractivity contribution in [3.05, 3.63) is 11.9 Å². The minimum Gasteiger partial charge on any atom is -0.481 e. The average Bonchev–Trinajstić information content (AvgIpc) is 2.05. The summed E-state index contributed by atoms with van der Waals surface area (Å²) >= 11 is 0. The molecule has 0 N–H and O–H groups in total. The monoisotopic (exact) mass is 154 g/mol. The topological polar surface area (TPSA) is 44.2 Å². The van der Waals surface area contributed by atoms with Gasteiger partial charge in [-0.15, -0.1) is 0 Å². The van der Waals surface area contributed by atoms with Gasteiger partial charge >= 0.3 is 0 Å². The maximum atomic E-state index is 4.96. The fourth-order valence-corrected chi connectivity index (χ4v) is 0.830. The summed E-state index contributed by atoms with van der Waals surface area (Å²) in [6.45, 7) is 1.84. The van der Waals surface area contributed by atoms with Gasteiger partial charge in [-0.25, -0.2) is 9.97 Å². The number of hydrogen-bond donors (Lipinski definition) is 0. The summed E-state index contributed by atoms with van der Waals surface area (Å²) in [5.41, 5.74) is 0.817. The molecule has 0 aliphatic heterocycles. The van der Waals surface area contributed by atoms with Crippen molar-refractivity contribution < 1.29 is 9.47 Å². The van der Waals surface area contributed by atoms with Gasteiger partial charge in [0.25, 0.3) is 0 Å². The summed E-state index contributed by atoms with van der Waals surface area (Å²) in [6.07, 6.45) is 1.41. The average molecular weight is 154 g/mol.